The zero-order valence-electron chi connectivity index (χ0n) is 14.3. The molecule has 0 aromatic carbocycles. The van der Waals surface area contributed by atoms with Gasteiger partial charge in [0.1, 0.15) is 12.2 Å². The highest BCUT2D eigenvalue weighted by Gasteiger charge is 2.20. The Hall–Kier alpha value is -1.24. The lowest BCUT2D eigenvalue weighted by molar-refractivity contribution is 0.121. The zero-order valence-corrected chi connectivity index (χ0v) is 15.1. The second kappa shape index (κ2) is 7.76. The molecular weight excluding hydrogens is 318 g/mol. The van der Waals surface area contributed by atoms with Gasteiger partial charge >= 0.3 is 0 Å². The Labute approximate surface area is 148 Å². The number of rotatable bonds is 5. The minimum atomic E-state index is 0.844. The molecule has 1 saturated carbocycles. The van der Waals surface area contributed by atoms with Crippen LogP contribution in [0.15, 0.2) is 18.5 Å². The molecule has 2 aliphatic rings. The van der Waals surface area contributed by atoms with Crippen LogP contribution in [0.25, 0.3) is 0 Å². The maximum absolute atomic E-state index is 4.22. The first-order valence-corrected chi connectivity index (χ1v) is 10.1. The molecule has 2 aromatic heterocycles. The monoisotopic (exact) mass is 345 g/mol. The smallest absolute Gasteiger partial charge is 0.138 e. The van der Waals surface area contributed by atoms with Crippen LogP contribution in [0.2, 0.25) is 0 Å². The van der Waals surface area contributed by atoms with Crippen LogP contribution >= 0.6 is 11.3 Å². The number of nitrogens with one attached hydrogen (secondary N) is 1. The van der Waals surface area contributed by atoms with Gasteiger partial charge < -0.3 is 0 Å². The summed E-state index contributed by atoms with van der Waals surface area (Å²) >= 11 is 2.06. The third-order valence-corrected chi connectivity index (χ3v) is 6.61. The number of H-pyrrole nitrogens is 1. The summed E-state index contributed by atoms with van der Waals surface area (Å²) in [6.45, 7) is 6.52. The molecule has 1 N–H and O–H groups in total. The van der Waals surface area contributed by atoms with Gasteiger partial charge in [0.15, 0.2) is 0 Å². The average molecular weight is 346 g/mol. The van der Waals surface area contributed by atoms with Crippen molar-refractivity contribution in [3.05, 3.63) is 34.0 Å². The number of thiophene rings is 1. The van der Waals surface area contributed by atoms with E-state index < -0.39 is 0 Å². The lowest BCUT2D eigenvalue weighted by atomic mass is 9.88. The van der Waals surface area contributed by atoms with E-state index in [0.717, 1.165) is 51.0 Å². The van der Waals surface area contributed by atoms with Crippen LogP contribution in [-0.2, 0) is 13.1 Å². The maximum atomic E-state index is 4.22. The lowest BCUT2D eigenvalue weighted by Crippen LogP contribution is -2.45. The first-order chi connectivity index (χ1) is 11.9. The van der Waals surface area contributed by atoms with Gasteiger partial charge in [-0.05, 0) is 30.9 Å². The topological polar surface area (TPSA) is 48.1 Å². The molecule has 0 radical (unpaired) electrons. The molecule has 0 spiro atoms. The molecule has 1 aliphatic heterocycles. The van der Waals surface area contributed by atoms with Gasteiger partial charge in [0.25, 0.3) is 0 Å². The molecule has 24 heavy (non-hydrogen) atoms. The van der Waals surface area contributed by atoms with Crippen LogP contribution in [-0.4, -0.2) is 51.2 Å². The summed E-state index contributed by atoms with van der Waals surface area (Å²) in [6, 6.07) is 4.77. The lowest BCUT2D eigenvalue weighted by Gasteiger charge is -2.33. The van der Waals surface area contributed by atoms with Crippen molar-refractivity contribution in [3.8, 4) is 0 Å². The number of aromatic amines is 1. The Morgan fingerprint density at radius 1 is 1.00 bits per heavy atom. The molecule has 0 unspecified atom stereocenters. The van der Waals surface area contributed by atoms with Crippen molar-refractivity contribution in [2.24, 2.45) is 0 Å². The average Bonchev–Trinajstić information content (AvgIpc) is 3.29. The first kappa shape index (κ1) is 16.2. The molecule has 3 heterocycles. The van der Waals surface area contributed by atoms with Gasteiger partial charge in [-0.25, -0.2) is 4.98 Å². The fourth-order valence-electron chi connectivity index (χ4n) is 3.93. The van der Waals surface area contributed by atoms with Crippen molar-refractivity contribution >= 4 is 11.3 Å². The summed E-state index contributed by atoms with van der Waals surface area (Å²) in [5.41, 5.74) is 0. The van der Waals surface area contributed by atoms with E-state index in [1.807, 2.05) is 0 Å². The number of piperazine rings is 1. The molecule has 0 bridgehead atoms. The quantitative estimate of drug-likeness (QED) is 0.904. The highest BCUT2D eigenvalue weighted by atomic mass is 32.1. The summed E-state index contributed by atoms with van der Waals surface area (Å²) in [5.74, 6) is 1.81. The van der Waals surface area contributed by atoms with Gasteiger partial charge in [-0.15, -0.1) is 11.3 Å². The number of hydrogen-bond donors (Lipinski definition) is 1. The third-order valence-electron chi connectivity index (χ3n) is 5.37. The number of nitrogens with zero attached hydrogens (tertiary/aromatic N) is 4. The summed E-state index contributed by atoms with van der Waals surface area (Å²) in [5, 5.41) is 6.88. The van der Waals surface area contributed by atoms with Crippen molar-refractivity contribution in [1.82, 2.24) is 25.0 Å². The molecular formula is C18H27N5S. The van der Waals surface area contributed by atoms with Crippen LogP contribution in [0.1, 0.15) is 53.6 Å². The molecule has 0 atom stereocenters. The highest BCUT2D eigenvalue weighted by Crippen LogP contribution is 2.36. The van der Waals surface area contributed by atoms with Crippen molar-refractivity contribution in [3.63, 3.8) is 0 Å². The molecule has 4 rings (SSSR count). The van der Waals surface area contributed by atoms with Crippen LogP contribution in [0.5, 0.6) is 0 Å². The minimum absolute atomic E-state index is 0.844. The van der Waals surface area contributed by atoms with Crippen molar-refractivity contribution < 1.29 is 0 Å². The molecule has 130 valence electrons. The predicted octanol–water partition coefficient (Wildman–Crippen LogP) is 3.23. The van der Waals surface area contributed by atoms with Crippen LogP contribution in [0, 0.1) is 0 Å². The largest absolute Gasteiger partial charge is 0.296 e. The Morgan fingerprint density at radius 2 is 1.75 bits per heavy atom. The summed E-state index contributed by atoms with van der Waals surface area (Å²) in [7, 11) is 0. The highest BCUT2D eigenvalue weighted by molar-refractivity contribution is 7.12. The van der Waals surface area contributed by atoms with Crippen molar-refractivity contribution in [2.45, 2.75) is 51.1 Å². The molecule has 5 nitrogen and oxygen atoms in total. The molecule has 1 aliphatic carbocycles. The van der Waals surface area contributed by atoms with E-state index in [9.17, 15) is 0 Å². The normalized spacial score (nSPS) is 21.3. The van der Waals surface area contributed by atoms with Crippen molar-refractivity contribution in [2.75, 3.05) is 26.2 Å². The van der Waals surface area contributed by atoms with Gasteiger partial charge in [-0.3, -0.25) is 14.9 Å². The Bertz CT molecular complexity index is 609. The van der Waals surface area contributed by atoms with E-state index >= 15 is 0 Å². The minimum Gasteiger partial charge on any atom is -0.296 e. The van der Waals surface area contributed by atoms with Crippen LogP contribution in [0.4, 0.5) is 0 Å². The number of hydrogen-bond acceptors (Lipinski definition) is 5. The molecule has 1 saturated heterocycles. The summed E-state index contributed by atoms with van der Waals surface area (Å²) in [4.78, 5) is 12.4. The fourth-order valence-corrected chi connectivity index (χ4v) is 5.16. The van der Waals surface area contributed by atoms with Gasteiger partial charge in [-0.1, -0.05) is 19.3 Å². The van der Waals surface area contributed by atoms with E-state index in [-0.39, 0.29) is 0 Å². The standard InChI is InChI=1S/C18H27N5S/c1-2-4-15(5-3-1)17-7-6-16(24-17)12-22-8-10-23(11-9-22)13-18-19-14-20-21-18/h6-7,14-15H,1-5,8-13H2,(H,19,20,21). The predicted molar refractivity (Wildman–Crippen MR) is 97.1 cm³/mol. The molecule has 0 amide bonds. The Balaban J connectivity index is 1.25. The van der Waals surface area contributed by atoms with Gasteiger partial charge in [0.2, 0.25) is 0 Å². The Morgan fingerprint density at radius 3 is 2.46 bits per heavy atom. The van der Waals surface area contributed by atoms with Gasteiger partial charge in [0, 0.05) is 42.5 Å². The number of aromatic nitrogens is 3. The van der Waals surface area contributed by atoms with E-state index in [2.05, 4.69) is 48.5 Å². The van der Waals surface area contributed by atoms with Crippen LogP contribution in [0.3, 0.4) is 0 Å². The van der Waals surface area contributed by atoms with Crippen LogP contribution < -0.4 is 0 Å². The second-order valence-corrected chi connectivity index (χ2v) is 8.32. The summed E-state index contributed by atoms with van der Waals surface area (Å²) in [6.07, 6.45) is 8.68. The van der Waals surface area contributed by atoms with Crippen molar-refractivity contribution in [1.29, 1.82) is 0 Å². The molecule has 6 heteroatoms. The van der Waals surface area contributed by atoms with E-state index in [1.165, 1.54) is 32.1 Å². The van der Waals surface area contributed by atoms with E-state index in [0.29, 0.717) is 0 Å². The Kier molecular flexibility index (Phi) is 5.25. The molecule has 2 aromatic rings. The SMILES string of the molecule is c1n[nH]c(CN2CCN(Cc3ccc(C4CCCCC4)s3)CC2)n1. The first-order valence-electron chi connectivity index (χ1n) is 9.24. The maximum Gasteiger partial charge on any atom is 0.138 e. The van der Waals surface area contributed by atoms with Gasteiger partial charge in [0.05, 0.1) is 6.54 Å². The fraction of sp³-hybridized carbons (Fsp3) is 0.667. The molecule has 2 fully saturated rings. The second-order valence-electron chi connectivity index (χ2n) is 7.12. The zero-order chi connectivity index (χ0) is 16.2. The third kappa shape index (κ3) is 4.05. The van der Waals surface area contributed by atoms with E-state index in [4.69, 9.17) is 0 Å². The van der Waals surface area contributed by atoms with E-state index in [1.54, 1.807) is 16.1 Å². The summed E-state index contributed by atoms with van der Waals surface area (Å²) < 4.78 is 0. The van der Waals surface area contributed by atoms with Gasteiger partial charge in [-0.2, -0.15) is 5.10 Å².